The van der Waals surface area contributed by atoms with E-state index in [0.29, 0.717) is 18.0 Å². The van der Waals surface area contributed by atoms with Gasteiger partial charge in [-0.25, -0.2) is 15.8 Å². The normalized spacial score (nSPS) is 22.0. The van der Waals surface area contributed by atoms with Crippen molar-refractivity contribution >= 4 is 52.4 Å². The van der Waals surface area contributed by atoms with Gasteiger partial charge in [0.15, 0.2) is 11.6 Å². The number of carbonyl (C=O) groups is 2. The molecule has 2 saturated carbocycles. The predicted octanol–water partition coefficient (Wildman–Crippen LogP) is 2.72. The van der Waals surface area contributed by atoms with Crippen LogP contribution >= 0.6 is 11.6 Å². The van der Waals surface area contributed by atoms with Crippen LogP contribution in [0.5, 0.6) is 0 Å². The fraction of sp³-hybridized carbons (Fsp3) is 0.643. The average molecular weight is 617 g/mol. The summed E-state index contributed by atoms with van der Waals surface area (Å²) in [4.78, 5) is 50.0. The summed E-state index contributed by atoms with van der Waals surface area (Å²) in [6, 6.07) is 0.488. The van der Waals surface area contributed by atoms with Crippen LogP contribution in [0.3, 0.4) is 0 Å². The lowest BCUT2D eigenvalue weighted by molar-refractivity contribution is -0.120. The van der Waals surface area contributed by atoms with Gasteiger partial charge in [0.05, 0.1) is 12.4 Å². The van der Waals surface area contributed by atoms with Crippen LogP contribution in [-0.2, 0) is 9.59 Å². The number of hydrazine groups is 2. The van der Waals surface area contributed by atoms with E-state index in [1.807, 2.05) is 13.8 Å². The van der Waals surface area contributed by atoms with Crippen LogP contribution in [0.1, 0.15) is 78.1 Å². The summed E-state index contributed by atoms with van der Waals surface area (Å²) in [6.07, 6.45) is 14.2. The Bertz CT molecular complexity index is 1270. The van der Waals surface area contributed by atoms with Gasteiger partial charge >= 0.3 is 0 Å². The molecule has 7 N–H and O–H groups in total. The van der Waals surface area contributed by atoms with Gasteiger partial charge in [0.25, 0.3) is 0 Å². The lowest BCUT2D eigenvalue weighted by Crippen LogP contribution is -2.55. The summed E-state index contributed by atoms with van der Waals surface area (Å²) < 4.78 is 0. The molecule has 2 aromatic heterocycles. The third kappa shape index (κ3) is 6.33. The Balaban J connectivity index is 0.000000186. The molecule has 2 aliphatic carbocycles. The average Bonchev–Trinajstić information content (AvgIpc) is 3.77. The first-order valence-electron chi connectivity index (χ1n) is 15.1. The Hall–Kier alpha value is -3.33. The SMILES string of the molecule is CC[C@@H]1C(=O)N(C)c2cnc(Cl)nc2N1C1CCCC1.CC[C@@H]1C(=O)N(C)c2cnc(NN)nc2N1C1CCCC1.NN. The minimum atomic E-state index is -0.147. The number of anilines is 5. The molecule has 2 aliphatic heterocycles. The minimum Gasteiger partial charge on any atom is -0.340 e. The molecule has 4 heterocycles. The number of likely N-dealkylation sites (N-methyl/N-ethyl adjacent to an activating group) is 2. The molecule has 43 heavy (non-hydrogen) atoms. The molecular formula is C28H45ClN12O2. The van der Waals surface area contributed by atoms with E-state index >= 15 is 0 Å². The second-order valence-corrected chi connectivity index (χ2v) is 11.6. The number of nitrogens with one attached hydrogen (secondary N) is 1. The molecule has 6 rings (SSSR count). The zero-order valence-electron chi connectivity index (χ0n) is 25.5. The Morgan fingerprint density at radius 1 is 0.791 bits per heavy atom. The number of carbonyl (C=O) groups excluding carboxylic acids is 2. The first-order chi connectivity index (χ1) is 20.8. The number of halogens is 1. The zero-order valence-corrected chi connectivity index (χ0v) is 26.3. The number of rotatable bonds is 5. The van der Waals surface area contributed by atoms with Crippen molar-refractivity contribution in [2.24, 2.45) is 17.5 Å². The van der Waals surface area contributed by atoms with Crippen LogP contribution in [0, 0.1) is 0 Å². The van der Waals surface area contributed by atoms with Gasteiger partial charge < -0.3 is 19.6 Å². The molecule has 15 heteroatoms. The molecule has 4 aliphatic rings. The van der Waals surface area contributed by atoms with Gasteiger partial charge in [0.2, 0.25) is 23.0 Å². The largest absolute Gasteiger partial charge is 0.340 e. The second kappa shape index (κ2) is 14.4. The number of aromatic nitrogens is 4. The van der Waals surface area contributed by atoms with Crippen molar-refractivity contribution in [3.8, 4) is 0 Å². The van der Waals surface area contributed by atoms with Gasteiger partial charge in [-0.1, -0.05) is 39.5 Å². The molecule has 0 saturated heterocycles. The maximum Gasteiger partial charge on any atom is 0.249 e. The number of hydrogen-bond donors (Lipinski definition) is 4. The first-order valence-corrected chi connectivity index (χ1v) is 15.5. The topological polar surface area (TPSA) is 189 Å². The van der Waals surface area contributed by atoms with Gasteiger partial charge in [-0.2, -0.15) is 9.97 Å². The lowest BCUT2D eigenvalue weighted by Gasteiger charge is -2.43. The molecule has 2 fully saturated rings. The molecule has 14 nitrogen and oxygen atoms in total. The van der Waals surface area contributed by atoms with Crippen molar-refractivity contribution < 1.29 is 9.59 Å². The van der Waals surface area contributed by atoms with E-state index in [9.17, 15) is 9.59 Å². The minimum absolute atomic E-state index is 0.119. The van der Waals surface area contributed by atoms with Gasteiger partial charge in [-0.3, -0.25) is 26.7 Å². The summed E-state index contributed by atoms with van der Waals surface area (Å²) in [5, 5.41) is 0.240. The van der Waals surface area contributed by atoms with Crippen LogP contribution in [-0.4, -0.2) is 70.0 Å². The highest BCUT2D eigenvalue weighted by atomic mass is 35.5. The van der Waals surface area contributed by atoms with Crippen molar-refractivity contribution in [3.63, 3.8) is 0 Å². The molecule has 2 atom stereocenters. The number of hydrogen-bond acceptors (Lipinski definition) is 12. The molecule has 2 aromatic rings. The number of nitrogens with zero attached hydrogens (tertiary/aromatic N) is 8. The van der Waals surface area contributed by atoms with Crippen LogP contribution in [0.15, 0.2) is 12.4 Å². The van der Waals surface area contributed by atoms with Crippen molar-refractivity contribution in [1.82, 2.24) is 19.9 Å². The highest BCUT2D eigenvalue weighted by molar-refractivity contribution is 6.28. The molecule has 0 bridgehead atoms. The highest BCUT2D eigenvalue weighted by Crippen LogP contribution is 2.41. The van der Waals surface area contributed by atoms with E-state index < -0.39 is 0 Å². The fourth-order valence-electron chi connectivity index (χ4n) is 6.81. The summed E-state index contributed by atoms with van der Waals surface area (Å²) in [5.74, 6) is 15.7. The molecule has 0 spiro atoms. The van der Waals surface area contributed by atoms with E-state index in [0.717, 1.165) is 61.5 Å². The summed E-state index contributed by atoms with van der Waals surface area (Å²) in [6.45, 7) is 4.10. The van der Waals surface area contributed by atoms with Crippen LogP contribution in [0.25, 0.3) is 0 Å². The number of nitrogen functional groups attached to an aromatic ring is 1. The lowest BCUT2D eigenvalue weighted by atomic mass is 10.0. The smallest absolute Gasteiger partial charge is 0.249 e. The number of nitrogens with two attached hydrogens (primary N) is 3. The van der Waals surface area contributed by atoms with Gasteiger partial charge in [-0.05, 0) is 50.1 Å². The van der Waals surface area contributed by atoms with Gasteiger partial charge in [-0.15, -0.1) is 0 Å². The molecule has 0 radical (unpaired) electrons. The van der Waals surface area contributed by atoms with Gasteiger partial charge in [0.1, 0.15) is 23.5 Å². The number of fused-ring (bicyclic) bond motifs is 2. The van der Waals surface area contributed by atoms with Gasteiger partial charge in [0, 0.05) is 26.2 Å². The molecule has 0 aromatic carbocycles. The Labute approximate surface area is 258 Å². The van der Waals surface area contributed by atoms with E-state index in [-0.39, 0.29) is 29.2 Å². The van der Waals surface area contributed by atoms with Crippen LogP contribution in [0.2, 0.25) is 5.28 Å². The summed E-state index contributed by atoms with van der Waals surface area (Å²) >= 11 is 5.97. The van der Waals surface area contributed by atoms with Crippen molar-refractivity contribution in [1.29, 1.82) is 0 Å². The van der Waals surface area contributed by atoms with Crippen LogP contribution in [0.4, 0.5) is 29.0 Å². The Morgan fingerprint density at radius 3 is 1.63 bits per heavy atom. The second-order valence-electron chi connectivity index (χ2n) is 11.2. The predicted molar refractivity (Wildman–Crippen MR) is 170 cm³/mol. The van der Waals surface area contributed by atoms with E-state index in [4.69, 9.17) is 17.4 Å². The molecule has 0 unspecified atom stereocenters. The number of amides is 2. The third-order valence-corrected chi connectivity index (χ3v) is 9.11. The van der Waals surface area contributed by atoms with E-state index in [1.165, 1.54) is 25.7 Å². The summed E-state index contributed by atoms with van der Waals surface area (Å²) in [5.41, 5.74) is 4.01. The summed E-state index contributed by atoms with van der Waals surface area (Å²) in [7, 11) is 3.57. The Morgan fingerprint density at radius 2 is 1.21 bits per heavy atom. The third-order valence-electron chi connectivity index (χ3n) is 8.92. The standard InChI is InChI=1S/C14H19ClN4O.C14H22N6O.H4N2/c1-3-10-13(20)18(2)11-8-16-14(15)17-12(11)19(10)9-6-4-5-7-9;1-3-10-13(21)19(2)11-8-16-14(18-15)17-12(11)20(10)9-6-4-5-7-9;1-2/h8-10H,3-7H2,1-2H3;8-10H,3-7,15H2,1-2H3,(H,16,17,18);1-2H2/t2*10-;/m11./s1. The maximum atomic E-state index is 12.6. The zero-order chi connectivity index (χ0) is 31.3. The molecular weight excluding hydrogens is 572 g/mol. The molecule has 236 valence electrons. The van der Waals surface area contributed by atoms with E-state index in [2.05, 4.69) is 46.8 Å². The quantitative estimate of drug-likeness (QED) is 0.219. The maximum absolute atomic E-state index is 12.6. The van der Waals surface area contributed by atoms with E-state index in [1.54, 1.807) is 36.3 Å². The van der Waals surface area contributed by atoms with Crippen molar-refractivity contribution in [3.05, 3.63) is 17.7 Å². The Kier molecular flexibility index (Phi) is 10.9. The van der Waals surface area contributed by atoms with Crippen molar-refractivity contribution in [2.75, 3.05) is 39.1 Å². The fourth-order valence-corrected chi connectivity index (χ4v) is 6.94. The van der Waals surface area contributed by atoms with Crippen molar-refractivity contribution in [2.45, 2.75) is 102 Å². The highest BCUT2D eigenvalue weighted by Gasteiger charge is 2.42. The molecule has 2 amide bonds. The monoisotopic (exact) mass is 616 g/mol. The van der Waals surface area contributed by atoms with Crippen LogP contribution < -0.4 is 42.6 Å². The first kappa shape index (κ1) is 32.6.